The SMILES string of the molecule is C1=CC(C2CC=C(N(c3ccc(-c4ccccc4)cc3)c3ccc(-c4ccc(-c5cc6ccccc6n5-c5ccccc5)cc4)cc3)CC2)=CCC1. The predicted octanol–water partition coefficient (Wildman–Crippen LogP) is 13.7. The molecule has 0 spiro atoms. The van der Waals surface area contributed by atoms with Gasteiger partial charge >= 0.3 is 0 Å². The molecule has 2 aliphatic rings. The predicted molar refractivity (Wildman–Crippen MR) is 220 cm³/mol. The van der Waals surface area contributed by atoms with Crippen molar-refractivity contribution in [3.05, 3.63) is 199 Å². The maximum absolute atomic E-state index is 2.49. The van der Waals surface area contributed by atoms with E-state index in [1.807, 2.05) is 0 Å². The van der Waals surface area contributed by atoms with E-state index < -0.39 is 0 Å². The molecular formula is C50H42N2. The van der Waals surface area contributed by atoms with Crippen LogP contribution in [0.15, 0.2) is 199 Å². The summed E-state index contributed by atoms with van der Waals surface area (Å²) >= 11 is 0. The van der Waals surface area contributed by atoms with E-state index in [4.69, 9.17) is 0 Å². The number of nitrogens with zero attached hydrogens (tertiary/aromatic N) is 2. The van der Waals surface area contributed by atoms with Crippen LogP contribution < -0.4 is 4.90 Å². The van der Waals surface area contributed by atoms with Crippen LogP contribution in [0.25, 0.3) is 50.1 Å². The molecule has 252 valence electrons. The summed E-state index contributed by atoms with van der Waals surface area (Å²) in [5.74, 6) is 0.613. The number of rotatable bonds is 8. The molecule has 1 aromatic heterocycles. The van der Waals surface area contributed by atoms with E-state index in [0.717, 1.165) is 12.8 Å². The Kier molecular flexibility index (Phi) is 8.72. The summed E-state index contributed by atoms with van der Waals surface area (Å²) in [6.07, 6.45) is 15.3. The molecule has 0 saturated carbocycles. The molecule has 2 heteroatoms. The molecule has 2 nitrogen and oxygen atoms in total. The van der Waals surface area contributed by atoms with Crippen molar-refractivity contribution in [2.75, 3.05) is 4.90 Å². The van der Waals surface area contributed by atoms with Gasteiger partial charge in [-0.1, -0.05) is 140 Å². The Hall–Kier alpha value is -6.12. The van der Waals surface area contributed by atoms with Gasteiger partial charge in [-0.3, -0.25) is 0 Å². The molecule has 9 rings (SSSR count). The first kappa shape index (κ1) is 31.8. The van der Waals surface area contributed by atoms with E-state index >= 15 is 0 Å². The van der Waals surface area contributed by atoms with E-state index in [2.05, 4.69) is 198 Å². The number of para-hydroxylation sites is 2. The average Bonchev–Trinajstić information content (AvgIpc) is 3.63. The summed E-state index contributed by atoms with van der Waals surface area (Å²) < 4.78 is 2.37. The van der Waals surface area contributed by atoms with Crippen LogP contribution in [0.2, 0.25) is 0 Å². The molecule has 1 atom stereocenters. The minimum atomic E-state index is 0.613. The highest BCUT2D eigenvalue weighted by Gasteiger charge is 2.23. The molecule has 0 radical (unpaired) electrons. The first-order chi connectivity index (χ1) is 25.8. The first-order valence-electron chi connectivity index (χ1n) is 18.7. The van der Waals surface area contributed by atoms with Crippen LogP contribution in [0, 0.1) is 5.92 Å². The maximum Gasteiger partial charge on any atom is 0.0540 e. The van der Waals surface area contributed by atoms with Crippen molar-refractivity contribution < 1.29 is 0 Å². The van der Waals surface area contributed by atoms with Gasteiger partial charge in [0, 0.05) is 28.1 Å². The van der Waals surface area contributed by atoms with Crippen molar-refractivity contribution in [3.63, 3.8) is 0 Å². The van der Waals surface area contributed by atoms with Crippen LogP contribution in [-0.4, -0.2) is 4.57 Å². The molecular weight excluding hydrogens is 629 g/mol. The van der Waals surface area contributed by atoms with E-state index in [-0.39, 0.29) is 0 Å². The summed E-state index contributed by atoms with van der Waals surface area (Å²) in [5.41, 5.74) is 15.0. The van der Waals surface area contributed by atoms with Gasteiger partial charge in [-0.05, 0) is 120 Å². The molecule has 52 heavy (non-hydrogen) atoms. The highest BCUT2D eigenvalue weighted by atomic mass is 15.1. The molecule has 2 aliphatic carbocycles. The standard InChI is InChI=1S/C50H42N2/c1-4-12-37(13-5-1)40-24-30-46(31-25-40)51(47-32-26-41(27-33-47)38-14-6-2-7-15-38)48-34-28-42(29-35-48)39-20-22-43(23-21-39)50-36-44-16-10-11-19-49(44)52(50)45-17-8-3-9-18-45/h1,3-6,8-25,28-32,34-36,41H,2,7,26-27,33H2. The number of aromatic nitrogens is 1. The number of allylic oxidation sites excluding steroid dienone is 6. The quantitative estimate of drug-likeness (QED) is 0.156. The fourth-order valence-corrected chi connectivity index (χ4v) is 8.04. The van der Waals surface area contributed by atoms with Crippen molar-refractivity contribution in [1.82, 2.24) is 4.57 Å². The average molecular weight is 671 g/mol. The van der Waals surface area contributed by atoms with Gasteiger partial charge in [0.25, 0.3) is 0 Å². The maximum atomic E-state index is 2.49. The Morgan fingerprint density at radius 3 is 1.71 bits per heavy atom. The van der Waals surface area contributed by atoms with Crippen molar-refractivity contribution in [3.8, 4) is 39.2 Å². The van der Waals surface area contributed by atoms with Gasteiger partial charge in [-0.15, -0.1) is 0 Å². The number of anilines is 2. The largest absolute Gasteiger partial charge is 0.315 e. The number of hydrogen-bond donors (Lipinski definition) is 0. The molecule has 0 N–H and O–H groups in total. The van der Waals surface area contributed by atoms with Crippen LogP contribution in [-0.2, 0) is 0 Å². The minimum absolute atomic E-state index is 0.613. The van der Waals surface area contributed by atoms with E-state index in [9.17, 15) is 0 Å². The van der Waals surface area contributed by atoms with Crippen molar-refractivity contribution in [2.45, 2.75) is 32.1 Å². The van der Waals surface area contributed by atoms with Gasteiger partial charge in [0.05, 0.1) is 11.2 Å². The molecule has 0 fully saturated rings. The number of benzene rings is 6. The van der Waals surface area contributed by atoms with Gasteiger partial charge in [-0.2, -0.15) is 0 Å². The fourth-order valence-electron chi connectivity index (χ4n) is 8.04. The lowest BCUT2D eigenvalue weighted by atomic mass is 9.83. The summed E-state index contributed by atoms with van der Waals surface area (Å²) in [6, 6.07) is 59.5. The third kappa shape index (κ3) is 6.33. The Morgan fingerprint density at radius 2 is 1.10 bits per heavy atom. The Balaban J connectivity index is 1.02. The van der Waals surface area contributed by atoms with Crippen LogP contribution >= 0.6 is 0 Å². The molecule has 0 saturated heterocycles. The van der Waals surface area contributed by atoms with Crippen molar-refractivity contribution >= 4 is 22.3 Å². The highest BCUT2D eigenvalue weighted by molar-refractivity contribution is 5.89. The second kappa shape index (κ2) is 14.2. The fraction of sp³-hybridized carbons (Fsp3) is 0.120. The van der Waals surface area contributed by atoms with Gasteiger partial charge in [-0.25, -0.2) is 0 Å². The topological polar surface area (TPSA) is 8.17 Å². The van der Waals surface area contributed by atoms with Gasteiger partial charge in [0.15, 0.2) is 0 Å². The molecule has 6 aromatic carbocycles. The second-order valence-electron chi connectivity index (χ2n) is 14.0. The lowest BCUT2D eigenvalue weighted by molar-refractivity contribution is 0.540. The third-order valence-electron chi connectivity index (χ3n) is 10.8. The molecule has 0 amide bonds. The first-order valence-corrected chi connectivity index (χ1v) is 18.7. The smallest absolute Gasteiger partial charge is 0.0540 e. The van der Waals surface area contributed by atoms with E-state index in [1.165, 1.54) is 92.0 Å². The summed E-state index contributed by atoms with van der Waals surface area (Å²) in [7, 11) is 0. The summed E-state index contributed by atoms with van der Waals surface area (Å²) in [5, 5.41) is 1.24. The Morgan fingerprint density at radius 1 is 0.519 bits per heavy atom. The van der Waals surface area contributed by atoms with Crippen LogP contribution in [0.4, 0.5) is 11.4 Å². The summed E-state index contributed by atoms with van der Waals surface area (Å²) in [6.45, 7) is 0. The van der Waals surface area contributed by atoms with Crippen molar-refractivity contribution in [2.24, 2.45) is 5.92 Å². The molecule has 0 aliphatic heterocycles. The molecule has 1 unspecified atom stereocenters. The molecule has 0 bridgehead atoms. The Bertz CT molecular complexity index is 2390. The van der Waals surface area contributed by atoms with E-state index in [0.29, 0.717) is 5.92 Å². The zero-order valence-corrected chi connectivity index (χ0v) is 29.4. The van der Waals surface area contributed by atoms with Gasteiger partial charge < -0.3 is 9.47 Å². The minimum Gasteiger partial charge on any atom is -0.315 e. The molecule has 1 heterocycles. The van der Waals surface area contributed by atoms with Gasteiger partial charge in [0.2, 0.25) is 0 Å². The zero-order valence-electron chi connectivity index (χ0n) is 29.4. The third-order valence-corrected chi connectivity index (χ3v) is 10.8. The number of hydrogen-bond acceptors (Lipinski definition) is 1. The normalized spacial score (nSPS) is 15.7. The van der Waals surface area contributed by atoms with Crippen LogP contribution in [0.3, 0.4) is 0 Å². The van der Waals surface area contributed by atoms with Gasteiger partial charge in [0.1, 0.15) is 0 Å². The summed E-state index contributed by atoms with van der Waals surface area (Å²) in [4.78, 5) is 2.48. The van der Waals surface area contributed by atoms with Crippen LogP contribution in [0.1, 0.15) is 32.1 Å². The van der Waals surface area contributed by atoms with Crippen LogP contribution in [0.5, 0.6) is 0 Å². The zero-order chi connectivity index (χ0) is 34.7. The highest BCUT2D eigenvalue weighted by Crippen LogP contribution is 2.40. The van der Waals surface area contributed by atoms with Crippen molar-refractivity contribution in [1.29, 1.82) is 0 Å². The second-order valence-corrected chi connectivity index (χ2v) is 14.0. The molecule has 7 aromatic rings. The lowest BCUT2D eigenvalue weighted by Gasteiger charge is -2.33. The van der Waals surface area contributed by atoms with E-state index in [1.54, 1.807) is 0 Å². The Labute approximate surface area is 307 Å². The lowest BCUT2D eigenvalue weighted by Crippen LogP contribution is -2.21. The monoisotopic (exact) mass is 670 g/mol. The number of fused-ring (bicyclic) bond motifs is 1.